The molecule has 3 rings (SSSR count). The van der Waals surface area contributed by atoms with Gasteiger partial charge in [-0.05, 0) is 73.2 Å². The second-order valence-corrected chi connectivity index (χ2v) is 16.7. The average Bonchev–Trinajstić information content (AvgIpc) is 3.57. The van der Waals surface area contributed by atoms with E-state index < -0.39 is 84.9 Å². The molecule has 1 aromatic rings. The fourth-order valence-electron chi connectivity index (χ4n) is 7.29. The van der Waals surface area contributed by atoms with Crippen molar-refractivity contribution >= 4 is 41.8 Å². The predicted octanol–water partition coefficient (Wildman–Crippen LogP) is -0.151. The summed E-state index contributed by atoms with van der Waals surface area (Å²) in [6.45, 7) is 10.7. The van der Waals surface area contributed by atoms with Gasteiger partial charge in [-0.15, -0.1) is 5.46 Å². The Hall–Kier alpha value is -4.02. The molecule has 0 aromatic heterocycles. The molecule has 0 bridgehead atoms. The van der Waals surface area contributed by atoms with Gasteiger partial charge in [-0.25, -0.2) is 4.39 Å². The number of fused-ring (bicyclic) bond motifs is 1. The monoisotopic (exact) mass is 866 g/mol. The first-order valence-corrected chi connectivity index (χ1v) is 20.9. The molecule has 20 heteroatoms. The van der Waals surface area contributed by atoms with Crippen molar-refractivity contribution in [3.63, 3.8) is 0 Å². The largest absolute Gasteiger partial charge is 0.555 e. The Morgan fingerprint density at radius 1 is 1.02 bits per heavy atom. The molecule has 18 nitrogen and oxygen atoms in total. The number of benzene rings is 1. The Bertz CT molecular complexity index is 1690. The minimum atomic E-state index is -3.45. The molecule has 61 heavy (non-hydrogen) atoms. The van der Waals surface area contributed by atoms with Crippen molar-refractivity contribution in [2.45, 2.75) is 104 Å². The lowest BCUT2D eigenvalue weighted by Gasteiger charge is -2.41. The number of hydrogen-bond acceptors (Lipinski definition) is 14. The number of halogens is 1. The minimum Gasteiger partial charge on any atom is -0.555 e. The Labute approximate surface area is 357 Å². The molecule has 2 aliphatic rings. The highest BCUT2D eigenvalue weighted by Gasteiger charge is 2.54. The molecule has 9 atom stereocenters. The Morgan fingerprint density at radius 3 is 2.30 bits per heavy atom. The zero-order valence-corrected chi connectivity index (χ0v) is 36.7. The molecule has 0 aliphatic carbocycles. The van der Waals surface area contributed by atoms with Gasteiger partial charge in [0.15, 0.2) is 6.29 Å². The molecule has 2 aliphatic heterocycles. The molecular weight excluding hydrogens is 800 g/mol. The van der Waals surface area contributed by atoms with Gasteiger partial charge in [-0.2, -0.15) is 0 Å². The first-order valence-electron chi connectivity index (χ1n) is 20.9. The Morgan fingerprint density at radius 2 is 1.69 bits per heavy atom. The number of amides is 4. The molecule has 2 heterocycles. The number of esters is 1. The average molecular weight is 867 g/mol. The van der Waals surface area contributed by atoms with Gasteiger partial charge in [-0.1, -0.05) is 39.5 Å². The summed E-state index contributed by atoms with van der Waals surface area (Å²) in [5.74, 6) is -4.44. The third-order valence-corrected chi connectivity index (χ3v) is 10.6. The highest BCUT2D eigenvalue weighted by Crippen LogP contribution is 2.37. The smallest absolute Gasteiger partial charge is 0.407 e. The van der Waals surface area contributed by atoms with Gasteiger partial charge < -0.3 is 64.9 Å². The Kier molecular flexibility index (Phi) is 19.7. The van der Waals surface area contributed by atoms with Gasteiger partial charge in [0.1, 0.15) is 24.6 Å². The third kappa shape index (κ3) is 14.5. The number of rotatable bonds is 24. The molecule has 4 amide bonds. The van der Waals surface area contributed by atoms with Crippen LogP contribution >= 0.6 is 0 Å². The van der Waals surface area contributed by atoms with Gasteiger partial charge in [0.2, 0.25) is 17.7 Å². The van der Waals surface area contributed by atoms with Crippen LogP contribution in [-0.4, -0.2) is 153 Å². The van der Waals surface area contributed by atoms with E-state index in [-0.39, 0.29) is 68.0 Å². The van der Waals surface area contributed by atoms with Crippen LogP contribution in [0.4, 0.5) is 4.39 Å². The van der Waals surface area contributed by atoms with Crippen LogP contribution in [0.15, 0.2) is 30.4 Å². The van der Waals surface area contributed by atoms with Crippen LogP contribution in [0.25, 0.3) is 0 Å². The number of nitrogens with one attached hydrogen (secondary N) is 4. The SMILES string of the molecule is C=C(C)C(=O)NCCNC(=O)c1ccc([B-]2(O)OC3C(CO)OC(OCCOC(=O)C(CC)CC(C)(CC(C)C(=O)NC(C)C)C(=O)NCCCN(C)C)C(O)C3O2)cc1F. The third-order valence-electron chi connectivity index (χ3n) is 10.6. The van der Waals surface area contributed by atoms with Crippen LogP contribution in [0, 0.1) is 23.1 Å². The number of carbonyl (C=O) groups excluding carboxylic acids is 5. The summed E-state index contributed by atoms with van der Waals surface area (Å²) in [5, 5.41) is 43.6. The molecule has 2 saturated heterocycles. The lowest BCUT2D eigenvalue weighted by atomic mass is 9.70. The maximum atomic E-state index is 15.2. The highest BCUT2D eigenvalue weighted by molar-refractivity contribution is 6.74. The molecule has 0 spiro atoms. The van der Waals surface area contributed by atoms with Gasteiger partial charge in [0.05, 0.1) is 36.9 Å². The molecular formula is C41H66BFN5O13-. The number of ether oxygens (including phenoxy) is 3. The topological polar surface area (TPSA) is 244 Å². The Balaban J connectivity index is 1.61. The van der Waals surface area contributed by atoms with Crippen molar-refractivity contribution in [3.8, 4) is 0 Å². The molecule has 7 N–H and O–H groups in total. The molecule has 9 unspecified atom stereocenters. The van der Waals surface area contributed by atoms with E-state index in [1.807, 2.05) is 32.8 Å². The van der Waals surface area contributed by atoms with Crippen molar-refractivity contribution in [1.82, 2.24) is 26.2 Å². The van der Waals surface area contributed by atoms with Gasteiger partial charge in [-0.3, -0.25) is 24.0 Å². The minimum absolute atomic E-state index is 0.00574. The van der Waals surface area contributed by atoms with Crippen LogP contribution in [0.2, 0.25) is 0 Å². The summed E-state index contributed by atoms with van der Waals surface area (Å²) >= 11 is 0. The van der Waals surface area contributed by atoms with E-state index in [2.05, 4.69) is 27.8 Å². The van der Waals surface area contributed by atoms with E-state index in [0.29, 0.717) is 18.5 Å². The molecule has 344 valence electrons. The van der Waals surface area contributed by atoms with Crippen molar-refractivity contribution in [2.75, 3.05) is 60.1 Å². The summed E-state index contributed by atoms with van der Waals surface area (Å²) in [6, 6.07) is 3.11. The van der Waals surface area contributed by atoms with Gasteiger partial charge >= 0.3 is 12.7 Å². The summed E-state index contributed by atoms with van der Waals surface area (Å²) < 4.78 is 43.7. The van der Waals surface area contributed by atoms with Crippen molar-refractivity contribution in [2.24, 2.45) is 17.3 Å². The second kappa shape index (κ2) is 23.4. The number of aliphatic hydroxyl groups excluding tert-OH is 2. The molecule has 0 radical (unpaired) electrons. The second-order valence-electron chi connectivity index (χ2n) is 16.7. The number of nitrogens with zero attached hydrogens (tertiary/aromatic N) is 1. The van der Waals surface area contributed by atoms with E-state index in [4.69, 9.17) is 23.5 Å². The molecule has 0 saturated carbocycles. The number of aliphatic hydroxyl groups is 2. The first kappa shape index (κ1) is 51.3. The van der Waals surface area contributed by atoms with E-state index in [1.165, 1.54) is 13.0 Å². The van der Waals surface area contributed by atoms with Crippen molar-refractivity contribution in [3.05, 3.63) is 41.7 Å². The molecule has 2 fully saturated rings. The standard InChI is InChI=1S/C41H66BFN5O13/c1-10-27(22-41(7,21-26(6)36(52)47-25(4)5)40(55)46-14-11-17-48(8)9)38(54)57-18-19-58-39-32(50)34-33(31(23-49)59-39)60-42(56,61-34)28-12-13-29(30(43)20-28)37(53)45-16-15-44-35(51)24(2)3/h12-13,20,25-27,31-34,39,49-50,56H,2,10-11,14-19,21-23H2,1,3-9H3,(H,44,51)(H,45,53)(H,46,55)(H,47,52)/q-1. The van der Waals surface area contributed by atoms with E-state index in [1.54, 1.807) is 20.8 Å². The van der Waals surface area contributed by atoms with Crippen LogP contribution in [0.5, 0.6) is 0 Å². The fraction of sp³-hybridized carbons (Fsp3) is 0.683. The number of hydrogen-bond donors (Lipinski definition) is 7. The summed E-state index contributed by atoms with van der Waals surface area (Å²) in [6.07, 6.45) is -5.34. The zero-order chi connectivity index (χ0) is 45.7. The van der Waals surface area contributed by atoms with Crippen molar-refractivity contribution in [1.29, 1.82) is 0 Å². The van der Waals surface area contributed by atoms with Crippen LogP contribution in [-0.2, 0) is 42.7 Å². The quantitative estimate of drug-likeness (QED) is 0.0310. The lowest BCUT2D eigenvalue weighted by molar-refractivity contribution is -0.283. The lowest BCUT2D eigenvalue weighted by Crippen LogP contribution is -2.58. The summed E-state index contributed by atoms with van der Waals surface area (Å²) in [7, 11) is 3.88. The maximum Gasteiger partial charge on any atom is 0.407 e. The van der Waals surface area contributed by atoms with Crippen LogP contribution in [0.3, 0.4) is 0 Å². The zero-order valence-electron chi connectivity index (χ0n) is 36.7. The highest BCUT2D eigenvalue weighted by atomic mass is 19.1. The van der Waals surface area contributed by atoms with Crippen molar-refractivity contribution < 1.29 is 67.1 Å². The normalized spacial score (nSPS) is 24.3. The first-order chi connectivity index (χ1) is 28.7. The number of carbonyl (C=O) groups is 5. The predicted molar refractivity (Wildman–Crippen MR) is 222 cm³/mol. The van der Waals surface area contributed by atoms with E-state index in [9.17, 15) is 39.2 Å². The fourth-order valence-corrected chi connectivity index (χ4v) is 7.29. The summed E-state index contributed by atoms with van der Waals surface area (Å²) in [5.41, 5.74) is -1.34. The maximum absolute atomic E-state index is 15.2. The van der Waals surface area contributed by atoms with Gasteiger partial charge in [0.25, 0.3) is 5.91 Å². The van der Waals surface area contributed by atoms with Gasteiger partial charge in [0, 0.05) is 42.6 Å². The molecule has 1 aromatic carbocycles. The van der Waals surface area contributed by atoms with E-state index >= 15 is 4.39 Å². The van der Waals surface area contributed by atoms with Crippen LogP contribution < -0.4 is 26.7 Å². The van der Waals surface area contributed by atoms with Crippen LogP contribution in [0.1, 0.15) is 77.6 Å². The van der Waals surface area contributed by atoms with E-state index in [0.717, 1.165) is 25.1 Å². The summed E-state index contributed by atoms with van der Waals surface area (Å²) in [4.78, 5) is 66.1.